The molecule has 0 aromatic carbocycles. The van der Waals surface area contributed by atoms with E-state index in [2.05, 4.69) is 14.7 Å². The van der Waals surface area contributed by atoms with Crippen LogP contribution in [-0.2, 0) is 28.9 Å². The van der Waals surface area contributed by atoms with E-state index in [0.717, 1.165) is 0 Å². The summed E-state index contributed by atoms with van der Waals surface area (Å²) in [5.41, 5.74) is 4.47. The summed E-state index contributed by atoms with van der Waals surface area (Å²) in [6, 6.07) is 0. The third-order valence-electron chi connectivity index (χ3n) is 0.946. The van der Waals surface area contributed by atoms with E-state index < -0.39 is 41.3 Å². The van der Waals surface area contributed by atoms with Gasteiger partial charge in [-0.05, 0) is 0 Å². The second-order valence-electron chi connectivity index (χ2n) is 2.18. The SMILES string of the molecule is NC(=O)OC(=O)CCC(=O)OS(=O)(=O)O. The van der Waals surface area contributed by atoms with Gasteiger partial charge >= 0.3 is 28.4 Å². The topological polar surface area (TPSA) is 150 Å². The van der Waals surface area contributed by atoms with Crippen LogP contribution >= 0.6 is 0 Å². The third-order valence-corrected chi connectivity index (χ3v) is 1.34. The molecule has 15 heavy (non-hydrogen) atoms. The maximum atomic E-state index is 10.6. The van der Waals surface area contributed by atoms with Gasteiger partial charge in [0.1, 0.15) is 0 Å². The van der Waals surface area contributed by atoms with Crippen molar-refractivity contribution >= 4 is 28.4 Å². The summed E-state index contributed by atoms with van der Waals surface area (Å²) in [7, 11) is -4.89. The van der Waals surface area contributed by atoms with E-state index in [4.69, 9.17) is 4.55 Å². The Bertz CT molecular complexity index is 370. The predicted molar refractivity (Wildman–Crippen MR) is 42.6 cm³/mol. The van der Waals surface area contributed by atoms with E-state index in [1.54, 1.807) is 0 Å². The molecule has 0 aliphatic rings. The predicted octanol–water partition coefficient (Wildman–Crippen LogP) is -1.27. The second-order valence-corrected chi connectivity index (χ2v) is 3.20. The number of ether oxygens (including phenoxy) is 1. The molecule has 0 heterocycles. The first-order valence-electron chi connectivity index (χ1n) is 3.40. The van der Waals surface area contributed by atoms with Gasteiger partial charge in [0.05, 0.1) is 12.8 Å². The van der Waals surface area contributed by atoms with Gasteiger partial charge in [-0.3, -0.25) is 14.1 Å². The number of primary amides is 1. The average molecular weight is 241 g/mol. The van der Waals surface area contributed by atoms with Gasteiger partial charge in [-0.1, -0.05) is 0 Å². The number of hydrogen-bond acceptors (Lipinski definition) is 7. The van der Waals surface area contributed by atoms with Crippen molar-refractivity contribution in [3.05, 3.63) is 0 Å². The molecule has 0 saturated carbocycles. The van der Waals surface area contributed by atoms with Crippen LogP contribution in [0, 0.1) is 0 Å². The zero-order valence-electron chi connectivity index (χ0n) is 7.20. The Balaban J connectivity index is 3.92. The van der Waals surface area contributed by atoms with Crippen LogP contribution in [0.2, 0.25) is 0 Å². The van der Waals surface area contributed by atoms with Gasteiger partial charge in [0, 0.05) is 0 Å². The normalized spacial score (nSPS) is 10.5. The molecule has 1 amide bonds. The monoisotopic (exact) mass is 241 g/mol. The van der Waals surface area contributed by atoms with Crippen LogP contribution in [0.1, 0.15) is 12.8 Å². The maximum Gasteiger partial charge on any atom is 0.448 e. The van der Waals surface area contributed by atoms with Crippen molar-refractivity contribution in [3.8, 4) is 0 Å². The van der Waals surface area contributed by atoms with Crippen LogP contribution in [0.3, 0.4) is 0 Å². The summed E-state index contributed by atoms with van der Waals surface area (Å²) in [5.74, 6) is -2.48. The molecule has 0 aliphatic heterocycles. The van der Waals surface area contributed by atoms with E-state index in [1.165, 1.54) is 0 Å². The molecule has 3 N–H and O–H groups in total. The van der Waals surface area contributed by atoms with Crippen molar-refractivity contribution in [2.45, 2.75) is 12.8 Å². The van der Waals surface area contributed by atoms with E-state index in [0.29, 0.717) is 0 Å². The molecule has 0 aliphatic carbocycles. The zero-order chi connectivity index (χ0) is 12.1. The average Bonchev–Trinajstić information content (AvgIpc) is 1.96. The smallest absolute Gasteiger partial charge is 0.376 e. The molecular formula is C5H7NO8S. The molecule has 0 radical (unpaired) electrons. The van der Waals surface area contributed by atoms with Gasteiger partial charge in [0.2, 0.25) is 0 Å². The summed E-state index contributed by atoms with van der Waals surface area (Å²) in [6.45, 7) is 0. The Morgan fingerprint density at radius 2 is 1.60 bits per heavy atom. The van der Waals surface area contributed by atoms with Gasteiger partial charge in [-0.25, -0.2) is 4.79 Å². The Morgan fingerprint density at radius 1 is 1.13 bits per heavy atom. The van der Waals surface area contributed by atoms with E-state index >= 15 is 0 Å². The molecule has 0 spiro atoms. The lowest BCUT2D eigenvalue weighted by Crippen LogP contribution is -2.20. The van der Waals surface area contributed by atoms with Crippen LogP contribution in [0.5, 0.6) is 0 Å². The van der Waals surface area contributed by atoms with Crippen molar-refractivity contribution in [3.63, 3.8) is 0 Å². The molecule has 0 atom stereocenters. The first-order chi connectivity index (χ1) is 6.70. The van der Waals surface area contributed by atoms with Crippen molar-refractivity contribution < 1.29 is 36.3 Å². The van der Waals surface area contributed by atoms with Gasteiger partial charge < -0.3 is 14.7 Å². The largest absolute Gasteiger partial charge is 0.448 e. The fraction of sp³-hybridized carbons (Fsp3) is 0.400. The molecule has 0 fully saturated rings. The first-order valence-corrected chi connectivity index (χ1v) is 4.77. The number of amides is 1. The van der Waals surface area contributed by atoms with Gasteiger partial charge in [0.15, 0.2) is 0 Å². The number of esters is 1. The molecule has 0 bridgehead atoms. The van der Waals surface area contributed by atoms with Crippen LogP contribution in [0.25, 0.3) is 0 Å². The van der Waals surface area contributed by atoms with Crippen molar-refractivity contribution in [1.82, 2.24) is 0 Å². The minimum atomic E-state index is -4.89. The van der Waals surface area contributed by atoms with Crippen LogP contribution in [0.15, 0.2) is 0 Å². The van der Waals surface area contributed by atoms with Crippen LogP contribution < -0.4 is 5.73 Å². The summed E-state index contributed by atoms with van der Waals surface area (Å²) in [6.07, 6.45) is -2.62. The molecule has 86 valence electrons. The van der Waals surface area contributed by atoms with E-state index in [-0.39, 0.29) is 0 Å². The Hall–Kier alpha value is -1.68. The number of rotatable bonds is 4. The fourth-order valence-electron chi connectivity index (χ4n) is 0.526. The van der Waals surface area contributed by atoms with Crippen molar-refractivity contribution in [2.75, 3.05) is 0 Å². The van der Waals surface area contributed by atoms with Crippen molar-refractivity contribution in [2.24, 2.45) is 5.73 Å². The summed E-state index contributed by atoms with van der Waals surface area (Å²) in [4.78, 5) is 31.2. The Kier molecular flexibility index (Phi) is 4.67. The van der Waals surface area contributed by atoms with Crippen LogP contribution in [-0.4, -0.2) is 31.0 Å². The lowest BCUT2D eigenvalue weighted by molar-refractivity contribution is -0.142. The van der Waals surface area contributed by atoms with E-state index in [9.17, 15) is 22.8 Å². The third kappa shape index (κ3) is 8.64. The minimum absolute atomic E-state index is 0.600. The quantitative estimate of drug-likeness (QED) is 0.351. The molecule has 0 aromatic heterocycles. The summed E-state index contributed by atoms with van der Waals surface area (Å²) < 4.78 is 35.3. The number of nitrogens with two attached hydrogens (primary N) is 1. The zero-order valence-corrected chi connectivity index (χ0v) is 8.02. The molecule has 0 aromatic rings. The molecule has 0 unspecified atom stereocenters. The molecule has 9 nitrogen and oxygen atoms in total. The fourth-order valence-corrected chi connectivity index (χ4v) is 0.845. The summed E-state index contributed by atoms with van der Waals surface area (Å²) in [5, 5.41) is 0. The Morgan fingerprint density at radius 3 is 2.00 bits per heavy atom. The lowest BCUT2D eigenvalue weighted by Gasteiger charge is -1.99. The number of hydrogen-bond donors (Lipinski definition) is 2. The highest BCUT2D eigenvalue weighted by Crippen LogP contribution is 1.98. The standard InChI is InChI=1S/C5H7NO8S/c6-5(9)13-3(7)1-2-4(8)14-15(10,11)12/h1-2H2,(H2,6,9)(H,10,11,12). The van der Waals surface area contributed by atoms with Crippen LogP contribution in [0.4, 0.5) is 4.79 Å². The number of carbonyl (C=O) groups is 3. The van der Waals surface area contributed by atoms with Crippen molar-refractivity contribution in [1.29, 1.82) is 0 Å². The van der Waals surface area contributed by atoms with Gasteiger partial charge in [-0.15, -0.1) is 0 Å². The van der Waals surface area contributed by atoms with E-state index in [1.807, 2.05) is 0 Å². The van der Waals surface area contributed by atoms with Gasteiger partial charge in [0.25, 0.3) is 0 Å². The molecular weight excluding hydrogens is 234 g/mol. The second kappa shape index (κ2) is 5.26. The molecule has 0 saturated heterocycles. The highest BCUT2D eigenvalue weighted by Gasteiger charge is 2.16. The molecule has 0 rings (SSSR count). The number of carbonyl (C=O) groups excluding carboxylic acids is 3. The highest BCUT2D eigenvalue weighted by molar-refractivity contribution is 7.81. The minimum Gasteiger partial charge on any atom is -0.376 e. The van der Waals surface area contributed by atoms with Gasteiger partial charge in [-0.2, -0.15) is 8.42 Å². The highest BCUT2D eigenvalue weighted by atomic mass is 32.3. The maximum absolute atomic E-state index is 10.6. The Labute approximate surface area is 84.1 Å². The lowest BCUT2D eigenvalue weighted by atomic mass is 10.3. The first kappa shape index (κ1) is 13.3. The summed E-state index contributed by atoms with van der Waals surface area (Å²) >= 11 is 0. The molecule has 10 heteroatoms.